The number of likely N-dealkylation sites (tertiary alicyclic amines) is 1. The van der Waals surface area contributed by atoms with Gasteiger partial charge in [0.2, 0.25) is 11.8 Å². The van der Waals surface area contributed by atoms with Crippen molar-refractivity contribution in [2.45, 2.75) is 38.5 Å². The predicted molar refractivity (Wildman–Crippen MR) is 71.9 cm³/mol. The minimum Gasteiger partial charge on any atom is -0.481 e. The summed E-state index contributed by atoms with van der Waals surface area (Å²) in [4.78, 5) is 36.3. The lowest BCUT2D eigenvalue weighted by Gasteiger charge is -2.16. The van der Waals surface area contributed by atoms with E-state index in [4.69, 9.17) is 5.11 Å². The van der Waals surface area contributed by atoms with Gasteiger partial charge in [-0.3, -0.25) is 14.4 Å². The Morgan fingerprint density at radius 3 is 2.35 bits per heavy atom. The Morgan fingerprint density at radius 1 is 1.10 bits per heavy atom. The number of nitrogens with zero attached hydrogens (tertiary/aromatic N) is 1. The second kappa shape index (κ2) is 6.72. The Bertz CT molecular complexity index is 391. The SMILES string of the molecule is O=C(O)[C@H]1CC[C@@H](C(=O)NCCC(=O)N2CCCC2)C1. The Hall–Kier alpha value is -1.59. The fraction of sp³-hybridized carbons (Fsp3) is 0.786. The number of carboxylic acids is 1. The summed E-state index contributed by atoms with van der Waals surface area (Å²) in [6.07, 6.45) is 4.08. The number of hydrogen-bond donors (Lipinski definition) is 2. The van der Waals surface area contributed by atoms with Gasteiger partial charge in [-0.25, -0.2) is 0 Å². The second-order valence-corrected chi connectivity index (χ2v) is 5.67. The van der Waals surface area contributed by atoms with Gasteiger partial charge in [-0.15, -0.1) is 0 Å². The molecule has 2 N–H and O–H groups in total. The molecule has 0 spiro atoms. The summed E-state index contributed by atoms with van der Waals surface area (Å²) in [6, 6.07) is 0. The molecule has 2 fully saturated rings. The molecular formula is C14H22N2O4. The molecule has 1 saturated heterocycles. The Labute approximate surface area is 118 Å². The van der Waals surface area contributed by atoms with Gasteiger partial charge in [0.25, 0.3) is 0 Å². The van der Waals surface area contributed by atoms with Crippen LogP contribution in [-0.4, -0.2) is 47.4 Å². The monoisotopic (exact) mass is 282 g/mol. The van der Waals surface area contributed by atoms with E-state index in [1.165, 1.54) is 0 Å². The molecule has 1 aliphatic heterocycles. The average molecular weight is 282 g/mol. The maximum atomic E-state index is 11.9. The number of rotatable bonds is 5. The first kappa shape index (κ1) is 14.8. The molecule has 112 valence electrons. The Balaban J connectivity index is 1.65. The van der Waals surface area contributed by atoms with Gasteiger partial charge in [-0.1, -0.05) is 0 Å². The molecule has 2 aliphatic rings. The van der Waals surface area contributed by atoms with Gasteiger partial charge in [0.15, 0.2) is 0 Å². The number of carbonyl (C=O) groups excluding carboxylic acids is 2. The largest absolute Gasteiger partial charge is 0.481 e. The molecule has 0 bridgehead atoms. The highest BCUT2D eigenvalue weighted by molar-refractivity contribution is 5.82. The Morgan fingerprint density at radius 2 is 1.75 bits per heavy atom. The van der Waals surface area contributed by atoms with Crippen LogP contribution in [0.5, 0.6) is 0 Å². The van der Waals surface area contributed by atoms with Crippen LogP contribution in [-0.2, 0) is 14.4 Å². The molecule has 0 aromatic rings. The van der Waals surface area contributed by atoms with Crippen LogP contribution < -0.4 is 5.32 Å². The van der Waals surface area contributed by atoms with Crippen LogP contribution in [0.25, 0.3) is 0 Å². The number of hydrogen-bond acceptors (Lipinski definition) is 3. The lowest BCUT2D eigenvalue weighted by atomic mass is 10.0. The Kier molecular flexibility index (Phi) is 4.98. The van der Waals surface area contributed by atoms with Crippen molar-refractivity contribution in [1.29, 1.82) is 0 Å². The summed E-state index contributed by atoms with van der Waals surface area (Å²) < 4.78 is 0. The fourth-order valence-corrected chi connectivity index (χ4v) is 3.01. The van der Waals surface area contributed by atoms with Crippen LogP contribution in [0.3, 0.4) is 0 Å². The molecular weight excluding hydrogens is 260 g/mol. The highest BCUT2D eigenvalue weighted by Crippen LogP contribution is 2.31. The summed E-state index contributed by atoms with van der Waals surface area (Å²) in [5.74, 6) is -1.43. The molecule has 1 aliphatic carbocycles. The maximum absolute atomic E-state index is 11.9. The topological polar surface area (TPSA) is 86.7 Å². The summed E-state index contributed by atoms with van der Waals surface area (Å²) in [5, 5.41) is 11.7. The van der Waals surface area contributed by atoms with E-state index in [1.54, 1.807) is 0 Å². The van der Waals surface area contributed by atoms with Gasteiger partial charge in [0, 0.05) is 32.0 Å². The van der Waals surface area contributed by atoms with Crippen molar-refractivity contribution in [2.24, 2.45) is 11.8 Å². The van der Waals surface area contributed by atoms with E-state index in [9.17, 15) is 14.4 Å². The van der Waals surface area contributed by atoms with E-state index in [0.29, 0.717) is 32.2 Å². The third-order valence-corrected chi connectivity index (χ3v) is 4.25. The molecule has 20 heavy (non-hydrogen) atoms. The lowest BCUT2D eigenvalue weighted by molar-refractivity contribution is -0.141. The first-order valence-corrected chi connectivity index (χ1v) is 7.36. The number of amides is 2. The third-order valence-electron chi connectivity index (χ3n) is 4.25. The van der Waals surface area contributed by atoms with E-state index in [-0.39, 0.29) is 17.7 Å². The summed E-state index contributed by atoms with van der Waals surface area (Å²) in [5.41, 5.74) is 0. The number of nitrogens with one attached hydrogen (secondary N) is 1. The molecule has 2 atom stereocenters. The molecule has 0 unspecified atom stereocenters. The first-order valence-electron chi connectivity index (χ1n) is 7.36. The van der Waals surface area contributed by atoms with Gasteiger partial charge >= 0.3 is 5.97 Å². The minimum absolute atomic E-state index is 0.0950. The lowest BCUT2D eigenvalue weighted by Crippen LogP contribution is -2.35. The van der Waals surface area contributed by atoms with Crippen molar-refractivity contribution in [2.75, 3.05) is 19.6 Å². The molecule has 0 aromatic carbocycles. The molecule has 2 rings (SSSR count). The highest BCUT2D eigenvalue weighted by Gasteiger charge is 2.33. The minimum atomic E-state index is -0.815. The van der Waals surface area contributed by atoms with Crippen LogP contribution in [0.2, 0.25) is 0 Å². The quantitative estimate of drug-likeness (QED) is 0.773. The van der Waals surface area contributed by atoms with Crippen LogP contribution >= 0.6 is 0 Å². The normalized spacial score (nSPS) is 25.7. The van der Waals surface area contributed by atoms with E-state index in [2.05, 4.69) is 5.32 Å². The third kappa shape index (κ3) is 3.71. The van der Waals surface area contributed by atoms with Gasteiger partial charge < -0.3 is 15.3 Å². The molecule has 1 heterocycles. The zero-order valence-electron chi connectivity index (χ0n) is 11.6. The van der Waals surface area contributed by atoms with Gasteiger partial charge in [0.05, 0.1) is 5.92 Å². The van der Waals surface area contributed by atoms with E-state index in [0.717, 1.165) is 25.9 Å². The predicted octanol–water partition coefficient (Wildman–Crippen LogP) is 0.616. The highest BCUT2D eigenvalue weighted by atomic mass is 16.4. The van der Waals surface area contributed by atoms with Crippen LogP contribution in [0.15, 0.2) is 0 Å². The number of carboxylic acid groups (broad SMARTS) is 1. The average Bonchev–Trinajstić information content (AvgIpc) is 3.09. The molecule has 1 saturated carbocycles. The van der Waals surface area contributed by atoms with Crippen molar-refractivity contribution in [3.63, 3.8) is 0 Å². The van der Waals surface area contributed by atoms with E-state index >= 15 is 0 Å². The maximum Gasteiger partial charge on any atom is 0.306 e. The summed E-state index contributed by atoms with van der Waals surface area (Å²) >= 11 is 0. The second-order valence-electron chi connectivity index (χ2n) is 5.67. The van der Waals surface area contributed by atoms with E-state index < -0.39 is 11.9 Å². The van der Waals surface area contributed by atoms with Crippen molar-refractivity contribution >= 4 is 17.8 Å². The van der Waals surface area contributed by atoms with Gasteiger partial charge in [0.1, 0.15) is 0 Å². The molecule has 0 aromatic heterocycles. The van der Waals surface area contributed by atoms with Crippen molar-refractivity contribution < 1.29 is 19.5 Å². The molecule has 2 amide bonds. The van der Waals surface area contributed by atoms with Crippen molar-refractivity contribution in [1.82, 2.24) is 10.2 Å². The van der Waals surface area contributed by atoms with Crippen LogP contribution in [0, 0.1) is 11.8 Å². The van der Waals surface area contributed by atoms with Crippen LogP contribution in [0.1, 0.15) is 38.5 Å². The summed E-state index contributed by atoms with van der Waals surface area (Å²) in [6.45, 7) is 2.01. The molecule has 6 nitrogen and oxygen atoms in total. The number of aliphatic carboxylic acids is 1. The van der Waals surface area contributed by atoms with Crippen molar-refractivity contribution in [3.05, 3.63) is 0 Å². The van der Waals surface area contributed by atoms with Gasteiger partial charge in [-0.2, -0.15) is 0 Å². The standard InChI is InChI=1S/C14H22N2O4/c17-12(16-7-1-2-8-16)5-6-15-13(18)10-3-4-11(9-10)14(19)20/h10-11H,1-9H2,(H,15,18)(H,19,20)/t10-,11+/m1/s1. The zero-order valence-corrected chi connectivity index (χ0v) is 11.6. The van der Waals surface area contributed by atoms with Gasteiger partial charge in [-0.05, 0) is 32.1 Å². The number of carbonyl (C=O) groups is 3. The van der Waals surface area contributed by atoms with Crippen LogP contribution in [0.4, 0.5) is 0 Å². The fourth-order valence-electron chi connectivity index (χ4n) is 3.01. The summed E-state index contributed by atoms with van der Waals surface area (Å²) in [7, 11) is 0. The molecule has 6 heteroatoms. The van der Waals surface area contributed by atoms with Crippen molar-refractivity contribution in [3.8, 4) is 0 Å². The first-order chi connectivity index (χ1) is 9.58. The zero-order chi connectivity index (χ0) is 14.5. The molecule has 0 radical (unpaired) electrons. The smallest absolute Gasteiger partial charge is 0.306 e. The van der Waals surface area contributed by atoms with E-state index in [1.807, 2.05) is 4.90 Å².